The fourth-order valence-corrected chi connectivity index (χ4v) is 4.09. The second-order valence-electron chi connectivity index (χ2n) is 8.52. The van der Waals surface area contributed by atoms with Crippen molar-refractivity contribution in [1.29, 1.82) is 0 Å². The van der Waals surface area contributed by atoms with E-state index in [4.69, 9.17) is 9.47 Å². The van der Waals surface area contributed by atoms with Gasteiger partial charge in [0.25, 0.3) is 0 Å². The van der Waals surface area contributed by atoms with Crippen LogP contribution in [0.15, 0.2) is 29.6 Å². The van der Waals surface area contributed by atoms with E-state index in [0.29, 0.717) is 13.1 Å². The summed E-state index contributed by atoms with van der Waals surface area (Å²) in [4.78, 5) is 31.1. The van der Waals surface area contributed by atoms with Crippen LogP contribution in [-0.4, -0.2) is 59.8 Å². The molecule has 162 valence electrons. The monoisotopic (exact) mass is 431 g/mol. The molecule has 0 saturated carbocycles. The lowest BCUT2D eigenvalue weighted by Crippen LogP contribution is -2.44. The Morgan fingerprint density at radius 3 is 2.57 bits per heavy atom. The van der Waals surface area contributed by atoms with Crippen molar-refractivity contribution in [2.45, 2.75) is 51.9 Å². The molecule has 1 aromatic carbocycles. The summed E-state index contributed by atoms with van der Waals surface area (Å²) in [6, 6.07) is 7.87. The van der Waals surface area contributed by atoms with Crippen molar-refractivity contribution in [3.05, 3.63) is 40.9 Å². The van der Waals surface area contributed by atoms with E-state index in [0.717, 1.165) is 16.3 Å². The van der Waals surface area contributed by atoms with Crippen LogP contribution < -0.4 is 5.32 Å². The van der Waals surface area contributed by atoms with Crippen LogP contribution in [0.25, 0.3) is 10.6 Å². The summed E-state index contributed by atoms with van der Waals surface area (Å²) < 4.78 is 10.9. The van der Waals surface area contributed by atoms with E-state index in [2.05, 4.69) is 10.3 Å². The Morgan fingerprint density at radius 2 is 1.93 bits per heavy atom. The van der Waals surface area contributed by atoms with E-state index in [1.54, 1.807) is 12.0 Å². The molecule has 0 aliphatic carbocycles. The zero-order valence-corrected chi connectivity index (χ0v) is 18.9. The number of hydrogen-bond donors (Lipinski definition) is 1. The van der Waals surface area contributed by atoms with Crippen LogP contribution in [0.3, 0.4) is 0 Å². The third-order valence-corrected chi connectivity index (χ3v) is 5.70. The predicted octanol–water partition coefficient (Wildman–Crippen LogP) is 3.41. The normalized spacial score (nSPS) is 19.0. The number of rotatable bonds is 5. The molecule has 0 radical (unpaired) electrons. The van der Waals surface area contributed by atoms with Gasteiger partial charge < -0.3 is 19.7 Å². The number of nitrogens with one attached hydrogen (secondary N) is 1. The molecule has 7 nitrogen and oxygen atoms in total. The molecule has 2 atom stereocenters. The second kappa shape index (κ2) is 9.14. The number of nitrogens with zero attached hydrogens (tertiary/aromatic N) is 2. The highest BCUT2D eigenvalue weighted by Gasteiger charge is 2.38. The van der Waals surface area contributed by atoms with Crippen molar-refractivity contribution in [2.24, 2.45) is 0 Å². The topological polar surface area (TPSA) is 80.8 Å². The molecular weight excluding hydrogens is 402 g/mol. The van der Waals surface area contributed by atoms with E-state index in [-0.39, 0.29) is 24.5 Å². The molecule has 1 N–H and O–H groups in total. The first-order valence-corrected chi connectivity index (χ1v) is 10.8. The standard InChI is InChI=1S/C22H29N3O4S/c1-14-6-8-15(9-7-14)20-23-16(13-30-20)10-19(26)24-17-11-25(12-18(17)28-5)21(27)29-22(2,3)4/h6-9,13,17-18H,10-12H2,1-5H3,(H,24,26)/t17-,18+/m1/s1. The Bertz CT molecular complexity index is 889. The molecule has 1 fully saturated rings. The van der Waals surface area contributed by atoms with Crippen molar-refractivity contribution in [1.82, 2.24) is 15.2 Å². The van der Waals surface area contributed by atoms with Crippen molar-refractivity contribution in [3.8, 4) is 10.6 Å². The molecule has 1 aliphatic rings. The summed E-state index contributed by atoms with van der Waals surface area (Å²) in [5.74, 6) is -0.145. The molecule has 3 rings (SSSR count). The highest BCUT2D eigenvalue weighted by Crippen LogP contribution is 2.24. The van der Waals surface area contributed by atoms with Gasteiger partial charge in [0, 0.05) is 24.6 Å². The third kappa shape index (κ3) is 5.79. The Morgan fingerprint density at radius 1 is 1.23 bits per heavy atom. The maximum absolute atomic E-state index is 12.6. The minimum atomic E-state index is -0.569. The van der Waals surface area contributed by atoms with Gasteiger partial charge in [-0.1, -0.05) is 29.8 Å². The molecule has 2 amide bonds. The van der Waals surface area contributed by atoms with Gasteiger partial charge in [0.1, 0.15) is 10.6 Å². The molecule has 1 aliphatic heterocycles. The summed E-state index contributed by atoms with van der Waals surface area (Å²) in [5.41, 5.74) is 2.39. The fourth-order valence-electron chi connectivity index (χ4n) is 3.27. The Labute approximate surface area is 181 Å². The van der Waals surface area contributed by atoms with Crippen LogP contribution >= 0.6 is 11.3 Å². The predicted molar refractivity (Wildman–Crippen MR) is 117 cm³/mol. The van der Waals surface area contributed by atoms with Gasteiger partial charge in [-0.3, -0.25) is 4.79 Å². The number of likely N-dealkylation sites (tertiary alicyclic amines) is 1. The third-order valence-electron chi connectivity index (χ3n) is 4.76. The number of amides is 2. The summed E-state index contributed by atoms with van der Waals surface area (Å²) in [7, 11) is 1.58. The number of thiazole rings is 1. The smallest absolute Gasteiger partial charge is 0.410 e. The number of hydrogen-bond acceptors (Lipinski definition) is 6. The Balaban J connectivity index is 1.57. The highest BCUT2D eigenvalue weighted by molar-refractivity contribution is 7.13. The molecular formula is C22H29N3O4S. The molecule has 0 unspecified atom stereocenters. The number of benzene rings is 1. The summed E-state index contributed by atoms with van der Waals surface area (Å²) >= 11 is 1.52. The van der Waals surface area contributed by atoms with Gasteiger partial charge in [-0.25, -0.2) is 9.78 Å². The van der Waals surface area contributed by atoms with Crippen LogP contribution in [0, 0.1) is 6.92 Å². The molecule has 30 heavy (non-hydrogen) atoms. The lowest BCUT2D eigenvalue weighted by atomic mass is 10.1. The minimum absolute atomic E-state index is 0.145. The summed E-state index contributed by atoms with van der Waals surface area (Å²) in [6.07, 6.45) is -0.495. The van der Waals surface area contributed by atoms with Crippen LogP contribution in [0.2, 0.25) is 0 Å². The number of carbonyl (C=O) groups excluding carboxylic acids is 2. The number of methoxy groups -OCH3 is 1. The van der Waals surface area contributed by atoms with E-state index in [1.165, 1.54) is 16.9 Å². The summed E-state index contributed by atoms with van der Waals surface area (Å²) in [6.45, 7) is 8.25. The SMILES string of the molecule is CO[C@H]1CN(C(=O)OC(C)(C)C)C[C@H]1NC(=O)Cc1csc(-c2ccc(C)cc2)n1. The van der Waals surface area contributed by atoms with E-state index in [9.17, 15) is 9.59 Å². The quantitative estimate of drug-likeness (QED) is 0.785. The van der Waals surface area contributed by atoms with Crippen LogP contribution in [0.4, 0.5) is 4.79 Å². The van der Waals surface area contributed by atoms with Gasteiger partial charge in [0.2, 0.25) is 5.91 Å². The van der Waals surface area contributed by atoms with E-state index < -0.39 is 11.7 Å². The maximum Gasteiger partial charge on any atom is 0.410 e. The van der Waals surface area contributed by atoms with Crippen molar-refractivity contribution < 1.29 is 19.1 Å². The van der Waals surface area contributed by atoms with Gasteiger partial charge in [0.05, 0.1) is 30.8 Å². The molecule has 2 heterocycles. The largest absolute Gasteiger partial charge is 0.444 e. The van der Waals surface area contributed by atoms with Crippen LogP contribution in [-0.2, 0) is 20.7 Å². The average molecular weight is 432 g/mol. The van der Waals surface area contributed by atoms with Gasteiger partial charge >= 0.3 is 6.09 Å². The Kier molecular flexibility index (Phi) is 6.77. The first-order chi connectivity index (χ1) is 14.1. The van der Waals surface area contributed by atoms with Crippen LogP contribution in [0.5, 0.6) is 0 Å². The average Bonchev–Trinajstić information content (AvgIpc) is 3.28. The molecule has 2 aromatic rings. The van der Waals surface area contributed by atoms with Gasteiger partial charge in [-0.2, -0.15) is 0 Å². The molecule has 1 aromatic heterocycles. The lowest BCUT2D eigenvalue weighted by molar-refractivity contribution is -0.121. The molecule has 1 saturated heterocycles. The zero-order valence-electron chi connectivity index (χ0n) is 18.1. The number of ether oxygens (including phenoxy) is 2. The van der Waals surface area contributed by atoms with E-state index in [1.807, 2.05) is 57.3 Å². The summed E-state index contributed by atoms with van der Waals surface area (Å²) in [5, 5.41) is 5.78. The zero-order chi connectivity index (χ0) is 21.9. The van der Waals surface area contributed by atoms with Crippen molar-refractivity contribution in [2.75, 3.05) is 20.2 Å². The van der Waals surface area contributed by atoms with Crippen LogP contribution in [0.1, 0.15) is 32.0 Å². The van der Waals surface area contributed by atoms with Gasteiger partial charge in [0.15, 0.2) is 0 Å². The van der Waals surface area contributed by atoms with Crippen molar-refractivity contribution in [3.63, 3.8) is 0 Å². The van der Waals surface area contributed by atoms with Gasteiger partial charge in [-0.15, -0.1) is 11.3 Å². The molecule has 8 heteroatoms. The number of aromatic nitrogens is 1. The van der Waals surface area contributed by atoms with E-state index >= 15 is 0 Å². The molecule has 0 bridgehead atoms. The van der Waals surface area contributed by atoms with Crippen molar-refractivity contribution >= 4 is 23.3 Å². The maximum atomic E-state index is 12.6. The number of aryl methyl sites for hydroxylation is 1. The van der Waals surface area contributed by atoms with Gasteiger partial charge in [-0.05, 0) is 27.7 Å². The highest BCUT2D eigenvalue weighted by atomic mass is 32.1. The molecule has 0 spiro atoms. The number of carbonyl (C=O) groups is 2. The second-order valence-corrected chi connectivity index (χ2v) is 9.38. The first kappa shape index (κ1) is 22.2. The first-order valence-electron chi connectivity index (χ1n) is 9.96. The fraction of sp³-hybridized carbons (Fsp3) is 0.500. The minimum Gasteiger partial charge on any atom is -0.444 e. The Hall–Kier alpha value is -2.45. The lowest BCUT2D eigenvalue weighted by Gasteiger charge is -2.24.